The summed E-state index contributed by atoms with van der Waals surface area (Å²) in [5.74, 6) is 0. The molecule has 0 heterocycles. The van der Waals surface area contributed by atoms with Crippen LogP contribution >= 0.6 is 0 Å². The predicted molar refractivity (Wildman–Crippen MR) is 6.18 cm³/mol. The molecule has 13 heteroatoms. The molecule has 0 atom stereocenters. The average molecular weight is 792 g/mol. The van der Waals surface area contributed by atoms with Gasteiger partial charge in [0.1, 0.15) is 0 Å². The normalized spacial score (nSPS) is 0. The smallest absolute Gasteiger partial charge is 2.00 e. The molecule has 0 N–H and O–H groups in total. The summed E-state index contributed by atoms with van der Waals surface area (Å²) in [5.41, 5.74) is 0. The van der Waals surface area contributed by atoms with Crippen LogP contribution in [0.15, 0.2) is 0 Å². The van der Waals surface area contributed by atoms with E-state index < -0.39 is 0 Å². The molecule has 0 rings (SSSR count). The Morgan fingerprint density at radius 3 is 0.231 bits per heavy atom. The van der Waals surface area contributed by atoms with Gasteiger partial charge in [0.2, 0.25) is 0 Å². The zero-order valence-electron chi connectivity index (χ0n) is 5.49. The maximum Gasteiger partial charge on any atom is 6.00 e. The first-order valence-electron chi connectivity index (χ1n) is 0. The topological polar surface area (TPSA) is 256 Å². The molecule has 74 valence electrons. The molecule has 0 aromatic carbocycles. The SMILES string of the molecule is [Ce+3].[Ce+3].[O-2].[O-2].[O-2].[O-2].[O-2].[O-2].[O-2].[O-2].[O-2].[W+6].[W+6]. The molecular weight excluding hydrogens is 792 g/mol. The van der Waals surface area contributed by atoms with E-state index in [0.717, 1.165) is 0 Å². The van der Waals surface area contributed by atoms with Crippen LogP contribution in [0.5, 0.6) is 0 Å². The average Bonchev–Trinajstić information content (AvgIpc) is 0. The van der Waals surface area contributed by atoms with Crippen LogP contribution in [0.1, 0.15) is 0 Å². The third-order valence-corrected chi connectivity index (χ3v) is 0. The Balaban J connectivity index is 0. The summed E-state index contributed by atoms with van der Waals surface area (Å²) in [6.07, 6.45) is 0. The fraction of sp³-hybridized carbons (Fsp3) is 0. The van der Waals surface area contributed by atoms with Crippen molar-refractivity contribution in [2.75, 3.05) is 0 Å². The van der Waals surface area contributed by atoms with Gasteiger partial charge in [-0.05, 0) is 0 Å². The van der Waals surface area contributed by atoms with E-state index in [9.17, 15) is 0 Å². The Labute approximate surface area is 171 Å². The van der Waals surface area contributed by atoms with E-state index in [-0.39, 0.29) is 175 Å². The Morgan fingerprint density at radius 1 is 0.231 bits per heavy atom. The zero-order valence-corrected chi connectivity index (χ0v) is 17.6. The van der Waals surface area contributed by atoms with Gasteiger partial charge in [-0.1, -0.05) is 0 Å². The van der Waals surface area contributed by atoms with Crippen LogP contribution < -0.4 is 0 Å². The van der Waals surface area contributed by atoms with E-state index in [1.165, 1.54) is 0 Å². The van der Waals surface area contributed by atoms with Crippen molar-refractivity contribution in [3.63, 3.8) is 0 Å². The number of rotatable bonds is 0. The number of hydrogen-bond acceptors (Lipinski definition) is 0. The van der Waals surface area contributed by atoms with Gasteiger partial charge < -0.3 is 49.3 Å². The summed E-state index contributed by atoms with van der Waals surface area (Å²) < 4.78 is 0. The summed E-state index contributed by atoms with van der Waals surface area (Å²) in [7, 11) is 0. The summed E-state index contributed by atoms with van der Waals surface area (Å²) in [4.78, 5) is 0. The van der Waals surface area contributed by atoms with Crippen LogP contribution in [0.4, 0.5) is 0 Å². The first kappa shape index (κ1) is 293. The maximum atomic E-state index is 0. The molecule has 0 fully saturated rings. The van der Waals surface area contributed by atoms with Gasteiger partial charge in [0, 0.05) is 0 Å². The third kappa shape index (κ3) is 210. The van der Waals surface area contributed by atoms with Crippen molar-refractivity contribution in [1.29, 1.82) is 0 Å². The fourth-order valence-corrected chi connectivity index (χ4v) is 0. The first-order chi connectivity index (χ1) is 0. The van der Waals surface area contributed by atoms with Crippen molar-refractivity contribution >= 4 is 0 Å². The Bertz CT molecular complexity index is 15.6. The van der Waals surface area contributed by atoms with Crippen LogP contribution in [0, 0.1) is 83.5 Å². The minimum Gasteiger partial charge on any atom is -2.00 e. The van der Waals surface area contributed by atoms with E-state index >= 15 is 0 Å². The molecule has 0 saturated carbocycles. The van der Waals surface area contributed by atoms with Crippen LogP contribution in [-0.4, -0.2) is 0 Å². The second kappa shape index (κ2) is 242. The summed E-state index contributed by atoms with van der Waals surface area (Å²) >= 11 is 0. The molecule has 0 aliphatic carbocycles. The molecular formula is Ce2O9W2. The van der Waals surface area contributed by atoms with E-state index in [0.29, 0.717) is 0 Å². The Hall–Kier alpha value is 3.77. The van der Waals surface area contributed by atoms with Crippen molar-refractivity contribution in [2.45, 2.75) is 0 Å². The van der Waals surface area contributed by atoms with Crippen LogP contribution in [-0.2, 0) is 91.4 Å². The van der Waals surface area contributed by atoms with Gasteiger partial charge >= 0.3 is 126 Å². The molecule has 0 aliphatic rings. The van der Waals surface area contributed by atoms with Crippen LogP contribution in [0.3, 0.4) is 0 Å². The third-order valence-electron chi connectivity index (χ3n) is 0. The molecule has 9 nitrogen and oxygen atoms in total. The van der Waals surface area contributed by atoms with Gasteiger partial charge in [0.05, 0.1) is 0 Å². The minimum absolute atomic E-state index is 0. The zero-order chi connectivity index (χ0) is 0. The van der Waals surface area contributed by atoms with Gasteiger partial charge in [-0.2, -0.15) is 0 Å². The van der Waals surface area contributed by atoms with Crippen molar-refractivity contribution in [2.24, 2.45) is 0 Å². The second-order valence-electron chi connectivity index (χ2n) is 0. The largest absolute Gasteiger partial charge is 6.00 e. The molecule has 0 unspecified atom stereocenters. The Kier molecular flexibility index (Phi) is 5460. The van der Waals surface area contributed by atoms with Gasteiger partial charge in [-0.15, -0.1) is 0 Å². The van der Waals surface area contributed by atoms with E-state index in [2.05, 4.69) is 0 Å². The van der Waals surface area contributed by atoms with E-state index in [1.54, 1.807) is 0 Å². The first-order valence-corrected chi connectivity index (χ1v) is 0. The molecule has 13 heavy (non-hydrogen) atoms. The van der Waals surface area contributed by atoms with Crippen LogP contribution in [0.25, 0.3) is 0 Å². The Morgan fingerprint density at radius 2 is 0.231 bits per heavy atom. The van der Waals surface area contributed by atoms with Gasteiger partial charge in [-0.25, -0.2) is 0 Å². The summed E-state index contributed by atoms with van der Waals surface area (Å²) in [5, 5.41) is 0. The molecule has 0 aromatic rings. The number of hydrogen-bond donors (Lipinski definition) is 0. The molecule has 0 spiro atoms. The molecule has 0 bridgehead atoms. The molecule has 0 aliphatic heterocycles. The monoisotopic (exact) mass is 792 g/mol. The minimum atomic E-state index is 0. The van der Waals surface area contributed by atoms with Crippen molar-refractivity contribution in [1.82, 2.24) is 0 Å². The van der Waals surface area contributed by atoms with Crippen LogP contribution in [0.2, 0.25) is 0 Å². The van der Waals surface area contributed by atoms with Crippen molar-refractivity contribution in [3.05, 3.63) is 0 Å². The molecule has 0 saturated heterocycles. The second-order valence-corrected chi connectivity index (χ2v) is 0. The predicted octanol–water partition coefficient (Wildman–Crippen LogP) is -1.07. The van der Waals surface area contributed by atoms with Crippen molar-refractivity contribution < 1.29 is 175 Å². The molecule has 0 aromatic heterocycles. The van der Waals surface area contributed by atoms with Crippen molar-refractivity contribution in [3.8, 4) is 0 Å². The summed E-state index contributed by atoms with van der Waals surface area (Å²) in [6, 6.07) is 0. The maximum absolute atomic E-state index is 0. The fourth-order valence-electron chi connectivity index (χ4n) is 0. The quantitative estimate of drug-likeness (QED) is 0.284. The van der Waals surface area contributed by atoms with Gasteiger partial charge in [-0.3, -0.25) is 0 Å². The van der Waals surface area contributed by atoms with Gasteiger partial charge in [0.15, 0.2) is 0 Å². The van der Waals surface area contributed by atoms with E-state index in [4.69, 9.17) is 0 Å². The standard InChI is InChI=1S/2Ce.9O.2W/q2*+3;9*-2;2*+6. The molecule has 0 amide bonds. The molecule has 2 radical (unpaired) electrons. The van der Waals surface area contributed by atoms with Gasteiger partial charge in [0.25, 0.3) is 0 Å². The van der Waals surface area contributed by atoms with E-state index in [1.807, 2.05) is 0 Å². The summed E-state index contributed by atoms with van der Waals surface area (Å²) in [6.45, 7) is 0.